The lowest BCUT2D eigenvalue weighted by Gasteiger charge is -1.86. The molecule has 1 radical (unpaired) electrons. The van der Waals surface area contributed by atoms with Crippen molar-refractivity contribution in [2.24, 2.45) is 0 Å². The molecule has 0 unspecified atom stereocenters. The molecule has 0 aromatic carbocycles. The van der Waals surface area contributed by atoms with Crippen LogP contribution in [0, 0.1) is 0 Å². The number of rotatable bonds is 0. The molecular formula is C6H8P. The molecule has 1 aliphatic heterocycles. The van der Waals surface area contributed by atoms with Crippen molar-refractivity contribution >= 4 is 8.58 Å². The maximum absolute atomic E-state index is 2.17. The molecule has 1 heterocycles. The fraction of sp³-hybridized carbons (Fsp3) is 0.333. The van der Waals surface area contributed by atoms with E-state index in [9.17, 15) is 0 Å². The lowest BCUT2D eigenvalue weighted by Crippen LogP contribution is -1.61. The SMILES string of the molecule is CC1=C(C)[P]C=C1. The average molecular weight is 111 g/mol. The molecule has 0 aromatic heterocycles. The van der Waals surface area contributed by atoms with Gasteiger partial charge < -0.3 is 0 Å². The molecule has 7 heavy (non-hydrogen) atoms. The molecule has 0 spiro atoms. The van der Waals surface area contributed by atoms with E-state index in [2.05, 4.69) is 25.7 Å². The van der Waals surface area contributed by atoms with Crippen LogP contribution in [0.25, 0.3) is 0 Å². The highest BCUT2D eigenvalue weighted by Gasteiger charge is 1.96. The number of hydrogen-bond acceptors (Lipinski definition) is 0. The van der Waals surface area contributed by atoms with E-state index in [1.54, 1.807) is 0 Å². The van der Waals surface area contributed by atoms with Gasteiger partial charge in [0.25, 0.3) is 0 Å². The van der Waals surface area contributed by atoms with Crippen LogP contribution in [-0.2, 0) is 0 Å². The second-order valence-corrected chi connectivity index (χ2v) is 2.94. The highest BCUT2D eigenvalue weighted by Crippen LogP contribution is 2.33. The lowest BCUT2D eigenvalue weighted by atomic mass is 10.3. The molecule has 1 rings (SSSR count). The number of allylic oxidation sites excluding steroid dienone is 3. The zero-order valence-corrected chi connectivity index (χ0v) is 5.50. The predicted octanol–water partition coefficient (Wildman–Crippen LogP) is 2.75. The molecule has 0 aliphatic carbocycles. The van der Waals surface area contributed by atoms with Crippen LogP contribution in [0.4, 0.5) is 0 Å². The van der Waals surface area contributed by atoms with Crippen molar-refractivity contribution in [3.63, 3.8) is 0 Å². The molecule has 0 N–H and O–H groups in total. The summed E-state index contributed by atoms with van der Waals surface area (Å²) in [6, 6.07) is 0. The maximum Gasteiger partial charge on any atom is -0.0225 e. The molecule has 37 valence electrons. The highest BCUT2D eigenvalue weighted by atomic mass is 31.1. The van der Waals surface area contributed by atoms with Gasteiger partial charge in [-0.2, -0.15) is 0 Å². The van der Waals surface area contributed by atoms with Gasteiger partial charge in [0.2, 0.25) is 0 Å². The molecule has 0 saturated heterocycles. The second-order valence-electron chi connectivity index (χ2n) is 1.71. The summed E-state index contributed by atoms with van der Waals surface area (Å²) in [6.45, 7) is 4.31. The van der Waals surface area contributed by atoms with Gasteiger partial charge in [-0.05, 0) is 33.3 Å². The van der Waals surface area contributed by atoms with Gasteiger partial charge in [-0.3, -0.25) is 0 Å². The topological polar surface area (TPSA) is 0 Å². The third-order valence-corrected chi connectivity index (χ3v) is 2.20. The van der Waals surface area contributed by atoms with Crippen molar-refractivity contribution in [2.45, 2.75) is 13.8 Å². The van der Waals surface area contributed by atoms with Crippen LogP contribution in [0.5, 0.6) is 0 Å². The molecule has 1 aliphatic rings. The van der Waals surface area contributed by atoms with Gasteiger partial charge in [0.15, 0.2) is 0 Å². The Bertz CT molecular complexity index is 131. The Morgan fingerprint density at radius 1 is 1.43 bits per heavy atom. The molecule has 0 nitrogen and oxygen atoms in total. The van der Waals surface area contributed by atoms with Gasteiger partial charge in [0.1, 0.15) is 0 Å². The summed E-state index contributed by atoms with van der Waals surface area (Å²) in [6.07, 6.45) is 2.16. The van der Waals surface area contributed by atoms with E-state index < -0.39 is 0 Å². The third kappa shape index (κ3) is 0.920. The van der Waals surface area contributed by atoms with Gasteiger partial charge in [-0.15, -0.1) is 0 Å². The van der Waals surface area contributed by atoms with Crippen molar-refractivity contribution < 1.29 is 0 Å². The minimum absolute atomic E-state index is 1.38. The molecular weight excluding hydrogens is 103 g/mol. The summed E-state index contributed by atoms with van der Waals surface area (Å²) < 4.78 is 0. The first-order valence-corrected chi connectivity index (χ1v) is 3.32. The van der Waals surface area contributed by atoms with E-state index in [4.69, 9.17) is 0 Å². The average Bonchev–Trinajstić information content (AvgIpc) is 1.91. The van der Waals surface area contributed by atoms with Crippen LogP contribution in [-0.4, -0.2) is 0 Å². The normalized spacial score (nSPS) is 22.6. The van der Waals surface area contributed by atoms with E-state index in [0.717, 1.165) is 0 Å². The first kappa shape index (κ1) is 5.05. The lowest BCUT2D eigenvalue weighted by molar-refractivity contribution is 1.47. The minimum Gasteiger partial charge on any atom is -0.0579 e. The summed E-state index contributed by atoms with van der Waals surface area (Å²) >= 11 is 0. The van der Waals surface area contributed by atoms with Crippen molar-refractivity contribution in [1.82, 2.24) is 0 Å². The fourth-order valence-electron chi connectivity index (χ4n) is 0.483. The van der Waals surface area contributed by atoms with Gasteiger partial charge in [0.05, 0.1) is 0 Å². The van der Waals surface area contributed by atoms with Crippen molar-refractivity contribution in [2.75, 3.05) is 0 Å². The Morgan fingerprint density at radius 2 is 2.14 bits per heavy atom. The Hall–Kier alpha value is -0.0900. The molecule has 1 heteroatoms. The van der Waals surface area contributed by atoms with Gasteiger partial charge in [-0.1, -0.05) is 11.9 Å². The van der Waals surface area contributed by atoms with Crippen LogP contribution in [0.3, 0.4) is 0 Å². The van der Waals surface area contributed by atoms with E-state index in [1.165, 1.54) is 19.5 Å². The molecule has 0 bridgehead atoms. The Labute approximate surface area is 46.1 Å². The zero-order chi connectivity index (χ0) is 5.28. The Kier molecular flexibility index (Phi) is 1.30. The maximum atomic E-state index is 2.17. The van der Waals surface area contributed by atoms with Crippen molar-refractivity contribution in [3.8, 4) is 0 Å². The largest absolute Gasteiger partial charge is 0.0579 e. The molecule has 0 atom stereocenters. The van der Waals surface area contributed by atoms with E-state index in [-0.39, 0.29) is 0 Å². The Morgan fingerprint density at radius 3 is 2.29 bits per heavy atom. The fourth-order valence-corrected chi connectivity index (χ4v) is 1.28. The van der Waals surface area contributed by atoms with Crippen molar-refractivity contribution in [3.05, 3.63) is 22.8 Å². The molecule has 0 saturated carbocycles. The highest BCUT2D eigenvalue weighted by molar-refractivity contribution is 7.47. The summed E-state index contributed by atoms with van der Waals surface area (Å²) in [5, 5.41) is 1.49. The number of hydrogen-bond donors (Lipinski definition) is 0. The van der Waals surface area contributed by atoms with Crippen LogP contribution < -0.4 is 0 Å². The van der Waals surface area contributed by atoms with E-state index in [0.29, 0.717) is 0 Å². The van der Waals surface area contributed by atoms with Crippen LogP contribution >= 0.6 is 8.58 Å². The Balaban J connectivity index is 2.79. The van der Waals surface area contributed by atoms with E-state index in [1.807, 2.05) is 0 Å². The van der Waals surface area contributed by atoms with Gasteiger partial charge in [-0.25, -0.2) is 0 Å². The van der Waals surface area contributed by atoms with Crippen LogP contribution in [0.15, 0.2) is 22.8 Å². The third-order valence-electron chi connectivity index (χ3n) is 1.16. The van der Waals surface area contributed by atoms with Gasteiger partial charge in [0, 0.05) is 0 Å². The molecule has 0 fully saturated rings. The van der Waals surface area contributed by atoms with E-state index >= 15 is 0 Å². The first-order chi connectivity index (χ1) is 3.30. The quantitative estimate of drug-likeness (QED) is 0.421. The molecule has 0 aromatic rings. The minimum atomic E-state index is 1.38. The standard InChI is InChI=1S/C6H8P/c1-5-3-4-7-6(5)2/h3-4H,1-2H3. The van der Waals surface area contributed by atoms with Crippen molar-refractivity contribution in [1.29, 1.82) is 0 Å². The summed E-state index contributed by atoms with van der Waals surface area (Å²) in [4.78, 5) is 0. The smallest absolute Gasteiger partial charge is 0.0225 e. The zero-order valence-electron chi connectivity index (χ0n) is 4.60. The van der Waals surface area contributed by atoms with Crippen LogP contribution in [0.1, 0.15) is 13.8 Å². The van der Waals surface area contributed by atoms with Gasteiger partial charge >= 0.3 is 0 Å². The summed E-state index contributed by atoms with van der Waals surface area (Å²) in [5.41, 5.74) is 1.43. The second kappa shape index (κ2) is 1.79. The summed E-state index contributed by atoms with van der Waals surface area (Å²) in [7, 11) is 1.38. The monoisotopic (exact) mass is 111 g/mol. The van der Waals surface area contributed by atoms with Crippen LogP contribution in [0.2, 0.25) is 0 Å². The first-order valence-electron chi connectivity index (χ1n) is 2.35. The summed E-state index contributed by atoms with van der Waals surface area (Å²) in [5.74, 6) is 2.17. The molecule has 0 amide bonds. The predicted molar refractivity (Wildman–Crippen MR) is 34.4 cm³/mol.